The highest BCUT2D eigenvalue weighted by Crippen LogP contribution is 2.36. The number of hydrogen-bond donors (Lipinski definition) is 1. The number of hydrogen-bond acceptors (Lipinski definition) is 5. The zero-order valence-corrected chi connectivity index (χ0v) is 19.3. The summed E-state index contributed by atoms with van der Waals surface area (Å²) in [5.41, 5.74) is 4.14. The van der Waals surface area contributed by atoms with E-state index in [1.165, 1.54) is 6.08 Å². The zero-order chi connectivity index (χ0) is 24.1. The number of carbonyl (C=O) groups excluding carboxylic acids is 2. The van der Waals surface area contributed by atoms with Crippen molar-refractivity contribution in [1.82, 2.24) is 0 Å². The predicted molar refractivity (Wildman–Crippen MR) is 132 cm³/mol. The van der Waals surface area contributed by atoms with Crippen molar-refractivity contribution in [3.63, 3.8) is 0 Å². The van der Waals surface area contributed by atoms with E-state index in [1.54, 1.807) is 55.5 Å². The van der Waals surface area contributed by atoms with Gasteiger partial charge in [-0.05, 0) is 60.0 Å². The molecule has 7 heteroatoms. The number of carbonyl (C=O) groups is 2. The number of nitrogens with zero attached hydrogens (tertiary/aromatic N) is 1. The fourth-order valence-electron chi connectivity index (χ4n) is 3.72. The molecule has 1 heterocycles. The van der Waals surface area contributed by atoms with Crippen LogP contribution in [-0.4, -0.2) is 32.6 Å². The molecule has 0 fully saturated rings. The van der Waals surface area contributed by atoms with Gasteiger partial charge in [0, 0.05) is 11.8 Å². The van der Waals surface area contributed by atoms with Crippen LogP contribution in [0.2, 0.25) is 0 Å². The van der Waals surface area contributed by atoms with Crippen molar-refractivity contribution >= 4 is 29.3 Å². The predicted octanol–water partition coefficient (Wildman–Crippen LogP) is 4.59. The molecule has 0 aromatic heterocycles. The molecule has 0 aliphatic carbocycles. The van der Waals surface area contributed by atoms with E-state index in [1.807, 2.05) is 37.3 Å². The average molecular weight is 459 g/mol. The average Bonchev–Trinajstić information content (AvgIpc) is 2.85. The van der Waals surface area contributed by atoms with Crippen LogP contribution in [0.4, 0.5) is 11.4 Å². The monoisotopic (exact) mass is 458 g/mol. The number of anilines is 2. The Balaban J connectivity index is 1.51. The first kappa shape index (κ1) is 22.9. The van der Waals surface area contributed by atoms with E-state index in [9.17, 15) is 9.59 Å². The summed E-state index contributed by atoms with van der Waals surface area (Å²) >= 11 is 0. The van der Waals surface area contributed by atoms with Gasteiger partial charge >= 0.3 is 0 Å². The molecule has 2 amide bonds. The van der Waals surface area contributed by atoms with Crippen LogP contribution in [0.1, 0.15) is 16.7 Å². The first-order valence-corrected chi connectivity index (χ1v) is 10.8. The molecule has 1 aliphatic rings. The molecule has 3 aromatic carbocycles. The quantitative estimate of drug-likeness (QED) is 0.524. The van der Waals surface area contributed by atoms with Gasteiger partial charge in [-0.25, -0.2) is 0 Å². The number of aryl methyl sites for hydroxylation is 1. The van der Waals surface area contributed by atoms with Crippen molar-refractivity contribution in [2.75, 3.05) is 31.0 Å². The van der Waals surface area contributed by atoms with Gasteiger partial charge in [-0.15, -0.1) is 0 Å². The van der Waals surface area contributed by atoms with Crippen LogP contribution in [0, 0.1) is 6.92 Å². The lowest BCUT2D eigenvalue weighted by Crippen LogP contribution is -2.38. The van der Waals surface area contributed by atoms with Gasteiger partial charge in [0.2, 0.25) is 5.91 Å². The van der Waals surface area contributed by atoms with E-state index in [4.69, 9.17) is 14.2 Å². The van der Waals surface area contributed by atoms with Crippen molar-refractivity contribution in [1.29, 1.82) is 0 Å². The van der Waals surface area contributed by atoms with E-state index >= 15 is 0 Å². The van der Waals surface area contributed by atoms with Crippen molar-refractivity contribution in [2.24, 2.45) is 0 Å². The maximum Gasteiger partial charge on any atom is 0.265 e. The van der Waals surface area contributed by atoms with E-state index in [0.29, 0.717) is 35.2 Å². The number of rotatable bonds is 7. The Morgan fingerprint density at radius 3 is 2.62 bits per heavy atom. The van der Waals surface area contributed by atoms with E-state index in [-0.39, 0.29) is 18.4 Å². The smallest absolute Gasteiger partial charge is 0.265 e. The second-order valence-corrected chi connectivity index (χ2v) is 7.81. The normalized spacial score (nSPS) is 12.8. The lowest BCUT2D eigenvalue weighted by atomic mass is 10.1. The van der Waals surface area contributed by atoms with Crippen LogP contribution in [-0.2, 0) is 16.1 Å². The van der Waals surface area contributed by atoms with E-state index in [2.05, 4.69) is 5.32 Å². The van der Waals surface area contributed by atoms with Gasteiger partial charge in [0.05, 0.1) is 26.5 Å². The van der Waals surface area contributed by atoms with Crippen LogP contribution in [0.15, 0.2) is 66.7 Å². The third-order valence-electron chi connectivity index (χ3n) is 5.59. The van der Waals surface area contributed by atoms with Crippen LogP contribution in [0.3, 0.4) is 0 Å². The molecule has 0 unspecified atom stereocenters. The second-order valence-electron chi connectivity index (χ2n) is 7.81. The third kappa shape index (κ3) is 5.04. The first-order valence-electron chi connectivity index (χ1n) is 10.8. The van der Waals surface area contributed by atoms with Crippen molar-refractivity contribution in [3.8, 4) is 17.2 Å². The zero-order valence-electron chi connectivity index (χ0n) is 19.3. The minimum Gasteiger partial charge on any atom is -0.493 e. The molecular formula is C27H26N2O5. The Hall–Kier alpha value is -4.26. The summed E-state index contributed by atoms with van der Waals surface area (Å²) < 4.78 is 16.1. The molecule has 0 bridgehead atoms. The standard InChI is InChI=1S/C27H26N2O5/c1-18-6-4-5-7-20(18)16-29-22-15-21(10-12-23(22)34-17-27(29)31)28-26(30)13-9-19-8-11-24(32-2)25(14-19)33-3/h4-15H,16-17H2,1-3H3,(H,28,30)/b13-9+. The molecule has 0 saturated carbocycles. The van der Waals surface area contributed by atoms with Gasteiger partial charge < -0.3 is 24.4 Å². The summed E-state index contributed by atoms with van der Waals surface area (Å²) in [6.07, 6.45) is 3.13. The summed E-state index contributed by atoms with van der Waals surface area (Å²) in [7, 11) is 3.13. The molecule has 7 nitrogen and oxygen atoms in total. The number of benzene rings is 3. The Morgan fingerprint density at radius 1 is 1.06 bits per heavy atom. The molecule has 0 atom stereocenters. The van der Waals surface area contributed by atoms with Crippen LogP contribution >= 0.6 is 0 Å². The molecule has 3 aromatic rings. The number of amides is 2. The van der Waals surface area contributed by atoms with Crippen LogP contribution in [0.25, 0.3) is 6.08 Å². The first-order chi connectivity index (χ1) is 16.5. The summed E-state index contributed by atoms with van der Waals surface area (Å²) in [4.78, 5) is 26.9. The Morgan fingerprint density at radius 2 is 1.85 bits per heavy atom. The highest BCUT2D eigenvalue weighted by atomic mass is 16.5. The van der Waals surface area contributed by atoms with Gasteiger partial charge in [0.15, 0.2) is 18.1 Å². The van der Waals surface area contributed by atoms with Crippen molar-refractivity contribution < 1.29 is 23.8 Å². The maximum atomic E-state index is 12.6. The molecule has 1 aliphatic heterocycles. The molecule has 174 valence electrons. The SMILES string of the molecule is COc1ccc(/C=C/C(=O)Nc2ccc3c(c2)N(Cc2ccccc2C)C(=O)CO3)cc1OC. The second kappa shape index (κ2) is 10.1. The van der Waals surface area contributed by atoms with Gasteiger partial charge in [0.1, 0.15) is 5.75 Å². The number of fused-ring (bicyclic) bond motifs is 1. The number of ether oxygens (including phenoxy) is 3. The van der Waals surface area contributed by atoms with Gasteiger partial charge in [-0.2, -0.15) is 0 Å². The van der Waals surface area contributed by atoms with E-state index in [0.717, 1.165) is 16.7 Å². The van der Waals surface area contributed by atoms with Crippen LogP contribution < -0.4 is 24.4 Å². The maximum absolute atomic E-state index is 12.6. The number of nitrogens with one attached hydrogen (secondary N) is 1. The van der Waals surface area contributed by atoms with Crippen molar-refractivity contribution in [3.05, 3.63) is 83.4 Å². The lowest BCUT2D eigenvalue weighted by Gasteiger charge is -2.30. The fourth-order valence-corrected chi connectivity index (χ4v) is 3.72. The molecular weight excluding hydrogens is 432 g/mol. The number of methoxy groups -OCH3 is 2. The Labute approximate surface area is 198 Å². The Bertz CT molecular complexity index is 1250. The minimum absolute atomic E-state index is 0.0152. The topological polar surface area (TPSA) is 77.1 Å². The summed E-state index contributed by atoms with van der Waals surface area (Å²) in [5.74, 6) is 1.37. The molecule has 34 heavy (non-hydrogen) atoms. The molecule has 4 rings (SSSR count). The highest BCUT2D eigenvalue weighted by molar-refractivity contribution is 6.03. The van der Waals surface area contributed by atoms with Gasteiger partial charge in [0.25, 0.3) is 5.91 Å². The lowest BCUT2D eigenvalue weighted by molar-refractivity contribution is -0.121. The summed E-state index contributed by atoms with van der Waals surface area (Å²) in [6, 6.07) is 18.6. The minimum atomic E-state index is -0.303. The summed E-state index contributed by atoms with van der Waals surface area (Å²) in [6.45, 7) is 2.43. The summed E-state index contributed by atoms with van der Waals surface area (Å²) in [5, 5.41) is 2.85. The third-order valence-corrected chi connectivity index (χ3v) is 5.59. The van der Waals surface area contributed by atoms with Gasteiger partial charge in [-0.1, -0.05) is 30.3 Å². The largest absolute Gasteiger partial charge is 0.493 e. The van der Waals surface area contributed by atoms with Crippen molar-refractivity contribution in [2.45, 2.75) is 13.5 Å². The molecule has 0 radical (unpaired) electrons. The Kier molecular flexibility index (Phi) is 6.82. The molecule has 0 saturated heterocycles. The highest BCUT2D eigenvalue weighted by Gasteiger charge is 2.26. The van der Waals surface area contributed by atoms with Crippen LogP contribution in [0.5, 0.6) is 17.2 Å². The van der Waals surface area contributed by atoms with Gasteiger partial charge in [-0.3, -0.25) is 9.59 Å². The fraction of sp³-hybridized carbons (Fsp3) is 0.185. The van der Waals surface area contributed by atoms with E-state index < -0.39 is 0 Å². The molecule has 0 spiro atoms. The molecule has 1 N–H and O–H groups in total.